The quantitative estimate of drug-likeness (QED) is 0.160. The van der Waals surface area contributed by atoms with Gasteiger partial charge in [-0.1, -0.05) is 96.2 Å². The molecule has 0 atom stereocenters. The summed E-state index contributed by atoms with van der Waals surface area (Å²) in [5.74, 6) is 0. The van der Waals surface area contributed by atoms with Crippen molar-refractivity contribution in [3.8, 4) is 0 Å². The minimum Gasteiger partial charge on any atom is -0.398 e. The van der Waals surface area contributed by atoms with Crippen LogP contribution in [-0.2, 0) is 15.0 Å². The van der Waals surface area contributed by atoms with Gasteiger partial charge in [0, 0.05) is 5.38 Å². The van der Waals surface area contributed by atoms with E-state index >= 15 is 0 Å². The highest BCUT2D eigenvalue weighted by atomic mass is 35.5. The number of halogens is 1. The van der Waals surface area contributed by atoms with Gasteiger partial charge in [-0.3, -0.25) is 4.79 Å². The third-order valence-corrected chi connectivity index (χ3v) is 6.20. The highest BCUT2D eigenvalue weighted by Crippen LogP contribution is 2.46. The van der Waals surface area contributed by atoms with E-state index in [1.54, 1.807) is 5.38 Å². The molecule has 0 saturated carbocycles. The van der Waals surface area contributed by atoms with Gasteiger partial charge in [0.25, 0.3) is 5.24 Å². The van der Waals surface area contributed by atoms with Gasteiger partial charge < -0.3 is 4.84 Å². The fourth-order valence-corrected chi connectivity index (χ4v) is 4.96. The maximum Gasteiger partial charge on any atom is 0.276 e. The van der Waals surface area contributed by atoms with Crippen LogP contribution in [0.4, 0.5) is 0 Å². The first-order valence-corrected chi connectivity index (χ1v) is 10.9. The Hall–Kier alpha value is -3.28. The number of aromatic nitrogens is 1. The number of hydrogen-bond donors (Lipinski definition) is 0. The zero-order valence-corrected chi connectivity index (χ0v) is 18.3. The summed E-state index contributed by atoms with van der Waals surface area (Å²) in [6, 6.07) is 30.7. The van der Waals surface area contributed by atoms with Crippen LogP contribution in [0.5, 0.6) is 0 Å². The van der Waals surface area contributed by atoms with Crippen molar-refractivity contribution in [3.05, 3.63) is 124 Å². The fourth-order valence-electron chi connectivity index (χ4n) is 3.76. The van der Waals surface area contributed by atoms with E-state index in [1.165, 1.54) is 18.4 Å². The number of benzene rings is 3. The van der Waals surface area contributed by atoms with E-state index in [2.05, 4.69) is 41.6 Å². The highest BCUT2D eigenvalue weighted by molar-refractivity contribution is 7.10. The molecule has 0 unspecified atom stereocenters. The average molecular weight is 447 g/mol. The lowest BCUT2D eigenvalue weighted by atomic mass is 9.70. The smallest absolute Gasteiger partial charge is 0.276 e. The normalized spacial score (nSPS) is 11.9. The predicted octanol–water partition coefficient (Wildman–Crippen LogP) is 5.64. The summed E-state index contributed by atoms with van der Waals surface area (Å²) in [7, 11) is 1.37. The maximum atomic E-state index is 11.9. The molecule has 1 aromatic heterocycles. The van der Waals surface area contributed by atoms with E-state index in [0.717, 1.165) is 21.7 Å². The molecule has 0 aliphatic heterocycles. The van der Waals surface area contributed by atoms with Crippen LogP contribution in [0.3, 0.4) is 0 Å². The molecular formula is C25H19ClN2O2S. The van der Waals surface area contributed by atoms with Gasteiger partial charge in [0.2, 0.25) is 0 Å². The molecule has 0 fully saturated rings. The van der Waals surface area contributed by atoms with Gasteiger partial charge in [0.05, 0.1) is 5.41 Å². The van der Waals surface area contributed by atoms with Crippen molar-refractivity contribution in [2.24, 2.45) is 5.16 Å². The minimum atomic E-state index is -0.719. The Morgan fingerprint density at radius 2 is 1.32 bits per heavy atom. The monoisotopic (exact) mass is 446 g/mol. The molecule has 4 rings (SSSR count). The summed E-state index contributed by atoms with van der Waals surface area (Å²) >= 11 is 7.20. The molecule has 1 heterocycles. The molecule has 0 amide bonds. The molecule has 0 aliphatic carbocycles. The molecule has 0 N–H and O–H groups in total. The summed E-state index contributed by atoms with van der Waals surface area (Å²) in [5.41, 5.74) is 2.88. The molecule has 4 aromatic rings. The zero-order valence-electron chi connectivity index (χ0n) is 16.7. The van der Waals surface area contributed by atoms with Crippen molar-refractivity contribution in [1.29, 1.82) is 0 Å². The van der Waals surface area contributed by atoms with Crippen molar-refractivity contribution in [2.75, 3.05) is 7.11 Å². The van der Waals surface area contributed by atoms with Crippen LogP contribution in [0.1, 0.15) is 27.4 Å². The number of carbonyl (C=O) groups is 1. The molecular weight excluding hydrogens is 428 g/mol. The van der Waals surface area contributed by atoms with E-state index in [1.807, 2.05) is 54.6 Å². The van der Waals surface area contributed by atoms with E-state index in [9.17, 15) is 4.79 Å². The molecule has 6 heteroatoms. The first-order valence-electron chi connectivity index (χ1n) is 9.62. The Bertz CT molecular complexity index is 1100. The van der Waals surface area contributed by atoms with Crippen molar-refractivity contribution >= 4 is 33.9 Å². The molecule has 0 saturated heterocycles. The molecule has 0 bridgehead atoms. The zero-order chi connectivity index (χ0) is 21.7. The Labute approximate surface area is 189 Å². The topological polar surface area (TPSA) is 51.5 Å². The highest BCUT2D eigenvalue weighted by Gasteiger charge is 2.41. The lowest BCUT2D eigenvalue weighted by Crippen LogP contribution is -2.31. The lowest BCUT2D eigenvalue weighted by molar-refractivity contribution is -0.106. The van der Waals surface area contributed by atoms with E-state index in [4.69, 9.17) is 21.4 Å². The van der Waals surface area contributed by atoms with Gasteiger partial charge in [-0.25, -0.2) is 4.98 Å². The van der Waals surface area contributed by atoms with Crippen LogP contribution in [0.25, 0.3) is 0 Å². The van der Waals surface area contributed by atoms with Crippen LogP contribution in [0.15, 0.2) is 102 Å². The molecule has 0 aliphatic rings. The molecule has 31 heavy (non-hydrogen) atoms. The van der Waals surface area contributed by atoms with Gasteiger partial charge in [0.15, 0.2) is 5.71 Å². The van der Waals surface area contributed by atoms with Crippen molar-refractivity contribution < 1.29 is 9.63 Å². The summed E-state index contributed by atoms with van der Waals surface area (Å²) in [5, 5.41) is 5.66. The molecule has 0 spiro atoms. The Kier molecular flexibility index (Phi) is 6.26. The standard InChI is InChI=1S/C25H19ClN2O2S/c1-30-28-22(23(26)29)21-17-31-24(27-21)25(18-11-5-2-6-12-18,19-13-7-3-8-14-19)20-15-9-4-10-16-20/h2-17H,1H3/b28-22-. The van der Waals surface area contributed by atoms with Gasteiger partial charge in [-0.05, 0) is 28.3 Å². The van der Waals surface area contributed by atoms with E-state index in [-0.39, 0.29) is 5.71 Å². The number of oxime groups is 1. The van der Waals surface area contributed by atoms with Gasteiger partial charge in [0.1, 0.15) is 17.8 Å². The molecule has 4 nitrogen and oxygen atoms in total. The van der Waals surface area contributed by atoms with Gasteiger partial charge in [-0.2, -0.15) is 0 Å². The number of thiazole rings is 1. The number of hydrogen-bond acceptors (Lipinski definition) is 5. The van der Waals surface area contributed by atoms with Crippen molar-refractivity contribution in [2.45, 2.75) is 5.41 Å². The summed E-state index contributed by atoms with van der Waals surface area (Å²) in [4.78, 5) is 21.6. The van der Waals surface area contributed by atoms with Crippen LogP contribution >= 0.6 is 22.9 Å². The van der Waals surface area contributed by atoms with E-state index in [0.29, 0.717) is 5.69 Å². The van der Waals surface area contributed by atoms with Crippen LogP contribution < -0.4 is 0 Å². The second-order valence-corrected chi connectivity index (χ2v) is 7.98. The van der Waals surface area contributed by atoms with Crippen molar-refractivity contribution in [3.63, 3.8) is 0 Å². The summed E-state index contributed by atoms with van der Waals surface area (Å²) in [6.45, 7) is 0. The van der Waals surface area contributed by atoms with Crippen LogP contribution in [0.2, 0.25) is 0 Å². The second-order valence-electron chi connectivity index (χ2n) is 6.78. The second kappa shape index (κ2) is 9.25. The Morgan fingerprint density at radius 3 is 1.71 bits per heavy atom. The third kappa shape index (κ3) is 3.90. The summed E-state index contributed by atoms with van der Waals surface area (Å²) in [6.07, 6.45) is 0. The predicted molar refractivity (Wildman–Crippen MR) is 125 cm³/mol. The van der Waals surface area contributed by atoms with E-state index < -0.39 is 10.7 Å². The first kappa shape index (κ1) is 21.0. The maximum absolute atomic E-state index is 11.9. The third-order valence-electron chi connectivity index (χ3n) is 5.06. The van der Waals surface area contributed by atoms with Crippen LogP contribution in [-0.4, -0.2) is 23.0 Å². The Morgan fingerprint density at radius 1 is 0.871 bits per heavy atom. The largest absolute Gasteiger partial charge is 0.398 e. The lowest BCUT2D eigenvalue weighted by Gasteiger charge is -2.34. The number of carbonyl (C=O) groups excluding carboxylic acids is 1. The Balaban J connectivity index is 2.05. The molecule has 3 aromatic carbocycles. The van der Waals surface area contributed by atoms with Crippen molar-refractivity contribution in [1.82, 2.24) is 4.98 Å². The molecule has 154 valence electrons. The van der Waals surface area contributed by atoms with Crippen LogP contribution in [0, 0.1) is 0 Å². The molecule has 0 radical (unpaired) electrons. The first-order chi connectivity index (χ1) is 15.2. The number of nitrogens with zero attached hydrogens (tertiary/aromatic N) is 2. The van der Waals surface area contributed by atoms with Gasteiger partial charge in [-0.15, -0.1) is 11.3 Å². The minimum absolute atomic E-state index is 0.0187. The summed E-state index contributed by atoms with van der Waals surface area (Å²) < 4.78 is 0. The fraction of sp³-hybridized carbons (Fsp3) is 0.0800. The number of rotatable bonds is 7. The average Bonchev–Trinajstić information content (AvgIpc) is 3.30. The SMILES string of the molecule is CO/N=C(\C(=O)Cl)c1csc(C(c2ccccc2)(c2ccccc2)c2ccccc2)n1. The van der Waals surface area contributed by atoms with Gasteiger partial charge >= 0.3 is 0 Å².